The average molecular weight is 337 g/mol. The molecule has 0 fully saturated rings. The number of fused-ring (bicyclic) bond motifs is 1. The van der Waals surface area contributed by atoms with E-state index in [0.29, 0.717) is 26.2 Å². The summed E-state index contributed by atoms with van der Waals surface area (Å²) in [4.78, 5) is 16.6. The van der Waals surface area contributed by atoms with Gasteiger partial charge in [-0.15, -0.1) is 0 Å². The molecule has 5 heteroatoms. The molecule has 0 aliphatic heterocycles. The van der Waals surface area contributed by atoms with Crippen molar-refractivity contribution in [2.75, 3.05) is 6.61 Å². The molecule has 5 nitrogen and oxygen atoms in total. The van der Waals surface area contributed by atoms with Crippen LogP contribution in [0.1, 0.15) is 24.7 Å². The maximum Gasteiger partial charge on any atom is 0.222 e. The molecule has 0 saturated carbocycles. The average Bonchev–Trinajstić information content (AvgIpc) is 3.02. The Labute approximate surface area is 147 Å². The van der Waals surface area contributed by atoms with E-state index in [4.69, 9.17) is 4.74 Å². The quantitative estimate of drug-likeness (QED) is 0.642. The molecule has 130 valence electrons. The van der Waals surface area contributed by atoms with E-state index >= 15 is 0 Å². The van der Waals surface area contributed by atoms with Gasteiger partial charge < -0.3 is 14.6 Å². The topological polar surface area (TPSA) is 56.2 Å². The summed E-state index contributed by atoms with van der Waals surface area (Å²) in [7, 11) is 0. The van der Waals surface area contributed by atoms with Crippen molar-refractivity contribution in [2.45, 2.75) is 33.0 Å². The van der Waals surface area contributed by atoms with E-state index in [1.54, 1.807) is 0 Å². The fourth-order valence-corrected chi connectivity index (χ4v) is 2.81. The highest BCUT2D eigenvalue weighted by atomic mass is 16.5. The number of carbonyl (C=O) groups excluding carboxylic acids is 1. The lowest BCUT2D eigenvalue weighted by atomic mass is 10.2. The van der Waals surface area contributed by atoms with E-state index in [1.807, 2.05) is 48.5 Å². The minimum Gasteiger partial charge on any atom is -0.376 e. The Bertz CT molecular complexity index is 827. The standard InChI is InChI=1S/C20H23N3O2/c1-2-23-18-11-7-6-10-17(18)22-19(23)14-21-20(24)12-13-25-15-16-8-4-3-5-9-16/h3-11H,2,12-15H2,1H3,(H,21,24). The van der Waals surface area contributed by atoms with Crippen LogP contribution in [0.3, 0.4) is 0 Å². The van der Waals surface area contributed by atoms with Gasteiger partial charge in [0.25, 0.3) is 0 Å². The molecule has 0 atom stereocenters. The molecule has 1 amide bonds. The number of carbonyl (C=O) groups is 1. The fourth-order valence-electron chi connectivity index (χ4n) is 2.81. The summed E-state index contributed by atoms with van der Waals surface area (Å²) in [6.07, 6.45) is 0.346. The van der Waals surface area contributed by atoms with Gasteiger partial charge in [0.1, 0.15) is 5.82 Å². The summed E-state index contributed by atoms with van der Waals surface area (Å²) in [5.41, 5.74) is 3.17. The van der Waals surface area contributed by atoms with E-state index < -0.39 is 0 Å². The second-order valence-corrected chi connectivity index (χ2v) is 5.83. The molecular formula is C20H23N3O2. The van der Waals surface area contributed by atoms with Crippen LogP contribution in [0.15, 0.2) is 54.6 Å². The van der Waals surface area contributed by atoms with Gasteiger partial charge in [0, 0.05) is 13.0 Å². The number of aromatic nitrogens is 2. The molecule has 1 aromatic heterocycles. The van der Waals surface area contributed by atoms with Gasteiger partial charge in [-0.25, -0.2) is 4.98 Å². The third-order valence-corrected chi connectivity index (χ3v) is 4.08. The van der Waals surface area contributed by atoms with Crippen LogP contribution in [0.25, 0.3) is 11.0 Å². The molecule has 1 N–H and O–H groups in total. The smallest absolute Gasteiger partial charge is 0.222 e. The Balaban J connectivity index is 1.46. The van der Waals surface area contributed by atoms with E-state index in [1.165, 1.54) is 0 Å². The summed E-state index contributed by atoms with van der Waals surface area (Å²) < 4.78 is 7.68. The monoisotopic (exact) mass is 337 g/mol. The van der Waals surface area contributed by atoms with Gasteiger partial charge in [-0.3, -0.25) is 4.79 Å². The molecule has 1 heterocycles. The molecule has 0 bridgehead atoms. The number of nitrogens with one attached hydrogen (secondary N) is 1. The SMILES string of the molecule is CCn1c(CNC(=O)CCOCc2ccccc2)nc2ccccc21. The fraction of sp³-hybridized carbons (Fsp3) is 0.300. The van der Waals surface area contributed by atoms with Gasteiger partial charge in [-0.2, -0.15) is 0 Å². The minimum atomic E-state index is -0.0252. The molecule has 3 aromatic rings. The summed E-state index contributed by atoms with van der Waals surface area (Å²) in [6, 6.07) is 18.0. The van der Waals surface area contributed by atoms with Crippen molar-refractivity contribution in [3.63, 3.8) is 0 Å². The number of hydrogen-bond acceptors (Lipinski definition) is 3. The molecule has 0 aliphatic carbocycles. The van der Waals surface area contributed by atoms with E-state index in [-0.39, 0.29) is 5.91 Å². The van der Waals surface area contributed by atoms with Gasteiger partial charge >= 0.3 is 0 Å². The van der Waals surface area contributed by atoms with Crippen LogP contribution in [0, 0.1) is 0 Å². The van der Waals surface area contributed by atoms with Gasteiger partial charge in [-0.05, 0) is 24.6 Å². The molecule has 0 spiro atoms. The van der Waals surface area contributed by atoms with Gasteiger partial charge in [-0.1, -0.05) is 42.5 Å². The molecule has 0 saturated heterocycles. The van der Waals surface area contributed by atoms with Crippen molar-refractivity contribution < 1.29 is 9.53 Å². The first kappa shape index (κ1) is 17.2. The summed E-state index contributed by atoms with van der Waals surface area (Å²) >= 11 is 0. The van der Waals surface area contributed by atoms with Gasteiger partial charge in [0.2, 0.25) is 5.91 Å². The highest BCUT2D eigenvalue weighted by molar-refractivity contribution is 5.77. The first-order valence-corrected chi connectivity index (χ1v) is 8.60. The third kappa shape index (κ3) is 4.45. The minimum absolute atomic E-state index is 0.0252. The van der Waals surface area contributed by atoms with Crippen LogP contribution in [0.2, 0.25) is 0 Å². The molecule has 2 aromatic carbocycles. The second kappa shape index (κ2) is 8.44. The van der Waals surface area contributed by atoms with E-state index in [2.05, 4.69) is 27.9 Å². The molecule has 0 radical (unpaired) electrons. The van der Waals surface area contributed by atoms with Gasteiger partial charge in [0.15, 0.2) is 0 Å². The number of aryl methyl sites for hydroxylation is 1. The molecule has 25 heavy (non-hydrogen) atoms. The normalized spacial score (nSPS) is 10.9. The number of hydrogen-bond donors (Lipinski definition) is 1. The van der Waals surface area contributed by atoms with E-state index in [0.717, 1.165) is 29.0 Å². The highest BCUT2D eigenvalue weighted by Crippen LogP contribution is 2.15. The zero-order chi connectivity index (χ0) is 17.5. The Kier molecular flexibility index (Phi) is 5.80. The highest BCUT2D eigenvalue weighted by Gasteiger charge is 2.10. The number of benzene rings is 2. The van der Waals surface area contributed by atoms with Crippen LogP contribution < -0.4 is 5.32 Å². The molecule has 0 unspecified atom stereocenters. The van der Waals surface area contributed by atoms with Crippen molar-refractivity contribution in [1.82, 2.24) is 14.9 Å². The summed E-state index contributed by atoms with van der Waals surface area (Å²) in [6.45, 7) is 4.27. The van der Waals surface area contributed by atoms with Crippen LogP contribution in [-0.2, 0) is 29.2 Å². The lowest BCUT2D eigenvalue weighted by Gasteiger charge is -2.08. The number of ether oxygens (including phenoxy) is 1. The molecule has 0 aliphatic rings. The van der Waals surface area contributed by atoms with Gasteiger partial charge in [0.05, 0.1) is 30.8 Å². The van der Waals surface area contributed by atoms with Crippen molar-refractivity contribution in [3.8, 4) is 0 Å². The Morgan fingerprint density at radius 2 is 1.88 bits per heavy atom. The number of para-hydroxylation sites is 2. The van der Waals surface area contributed by atoms with Crippen molar-refractivity contribution >= 4 is 16.9 Å². The predicted molar refractivity (Wildman–Crippen MR) is 98.0 cm³/mol. The number of nitrogens with zero attached hydrogens (tertiary/aromatic N) is 2. The largest absolute Gasteiger partial charge is 0.376 e. The lowest BCUT2D eigenvalue weighted by molar-refractivity contribution is -0.122. The summed E-state index contributed by atoms with van der Waals surface area (Å²) in [5.74, 6) is 0.852. The molecular weight excluding hydrogens is 314 g/mol. The van der Waals surface area contributed by atoms with Crippen molar-refractivity contribution in [1.29, 1.82) is 0 Å². The number of amides is 1. The molecule has 3 rings (SSSR count). The van der Waals surface area contributed by atoms with E-state index in [9.17, 15) is 4.79 Å². The zero-order valence-corrected chi connectivity index (χ0v) is 14.4. The van der Waals surface area contributed by atoms with Crippen molar-refractivity contribution in [3.05, 3.63) is 66.0 Å². The lowest BCUT2D eigenvalue weighted by Crippen LogP contribution is -2.25. The summed E-state index contributed by atoms with van der Waals surface area (Å²) in [5, 5.41) is 2.93. The maximum absolute atomic E-state index is 12.0. The Hall–Kier alpha value is -2.66. The second-order valence-electron chi connectivity index (χ2n) is 5.83. The Morgan fingerprint density at radius 3 is 2.68 bits per heavy atom. The van der Waals surface area contributed by atoms with Crippen LogP contribution >= 0.6 is 0 Å². The predicted octanol–water partition coefficient (Wildman–Crippen LogP) is 3.28. The zero-order valence-electron chi connectivity index (χ0n) is 14.4. The van der Waals surface area contributed by atoms with Crippen LogP contribution in [0.4, 0.5) is 0 Å². The number of rotatable bonds is 8. The first-order valence-electron chi connectivity index (χ1n) is 8.60. The first-order chi connectivity index (χ1) is 12.3. The van der Waals surface area contributed by atoms with Crippen molar-refractivity contribution in [2.24, 2.45) is 0 Å². The third-order valence-electron chi connectivity index (χ3n) is 4.08. The Morgan fingerprint density at radius 1 is 1.12 bits per heavy atom. The van der Waals surface area contributed by atoms with Crippen LogP contribution in [-0.4, -0.2) is 22.1 Å². The maximum atomic E-state index is 12.0. The van der Waals surface area contributed by atoms with Crippen LogP contribution in [0.5, 0.6) is 0 Å². The number of imidazole rings is 1.